The van der Waals surface area contributed by atoms with Gasteiger partial charge in [0.15, 0.2) is 0 Å². The predicted molar refractivity (Wildman–Crippen MR) is 305 cm³/mol. The second-order valence-electron chi connectivity index (χ2n) is 18.7. The van der Waals surface area contributed by atoms with Gasteiger partial charge >= 0.3 is 0 Å². The lowest BCUT2D eigenvalue weighted by Gasteiger charge is -2.19. The van der Waals surface area contributed by atoms with Crippen molar-refractivity contribution >= 4 is 64.6 Å². The highest BCUT2D eigenvalue weighted by atomic mass is 14.8. The molecule has 2 aromatic heterocycles. The fourth-order valence-electron chi connectivity index (χ4n) is 11.5. The quantitative estimate of drug-likeness (QED) is 0.149. The number of nitrogens with zero attached hydrogens (tertiary/aromatic N) is 2. The SMILES string of the molecule is c1ccc(-c2ccc(-c3ccc(-c4c5ccccc5c(-c5cccc6ccccc56)c5ccccc45)cc3)c(-c3ccc(-c4c5ccccc5c(-c5cccc6ccccc56)c5ccccc45)cc3)n2)nc1. The van der Waals surface area contributed by atoms with E-state index in [1.807, 2.05) is 24.4 Å². The lowest BCUT2D eigenvalue weighted by molar-refractivity contribution is 1.25. The standard InChI is InChI=1S/C70H44N2/c1-3-21-51-45(17-1)19-15-31-54(51)68-60-27-9-5-23-56(60)66(57-24-6-10-28-61(57)68)48-36-34-47(35-37-48)53-42-43-65(64-33-13-14-44-71-64)72-70(53)50-40-38-49(39-41-50)67-58-25-7-11-29-62(58)69(63-30-12-8-26-59(63)67)55-32-16-20-46-18-2-4-22-52(46)55/h1-44H. The average molecular weight is 913 g/mol. The summed E-state index contributed by atoms with van der Waals surface area (Å²) in [4.78, 5) is 10.1. The Kier molecular flexibility index (Phi) is 9.89. The molecule has 0 saturated carbocycles. The molecule has 0 radical (unpaired) electrons. The molecule has 334 valence electrons. The molecule has 0 atom stereocenters. The molecule has 0 aliphatic rings. The van der Waals surface area contributed by atoms with Crippen LogP contribution in [0.25, 0.3) is 143 Å². The molecule has 2 heterocycles. The van der Waals surface area contributed by atoms with E-state index in [9.17, 15) is 0 Å². The molecule has 0 aliphatic carbocycles. The largest absolute Gasteiger partial charge is 0.255 e. The van der Waals surface area contributed by atoms with E-state index in [0.717, 1.165) is 39.3 Å². The van der Waals surface area contributed by atoms with Crippen molar-refractivity contribution in [2.45, 2.75) is 0 Å². The first-order valence-corrected chi connectivity index (χ1v) is 24.7. The second kappa shape index (κ2) is 17.2. The summed E-state index contributed by atoms with van der Waals surface area (Å²) < 4.78 is 0. The van der Waals surface area contributed by atoms with Crippen LogP contribution in [0.1, 0.15) is 0 Å². The Labute approximate surface area is 417 Å². The molecule has 0 saturated heterocycles. The smallest absolute Gasteiger partial charge is 0.0894 e. The highest BCUT2D eigenvalue weighted by Crippen LogP contribution is 2.48. The number of hydrogen-bond acceptors (Lipinski definition) is 2. The van der Waals surface area contributed by atoms with Crippen LogP contribution in [0.2, 0.25) is 0 Å². The first kappa shape index (κ1) is 41.5. The summed E-state index contributed by atoms with van der Waals surface area (Å²) in [6.45, 7) is 0. The normalized spacial score (nSPS) is 11.6. The van der Waals surface area contributed by atoms with Crippen LogP contribution in [-0.2, 0) is 0 Å². The van der Waals surface area contributed by atoms with Gasteiger partial charge in [0.25, 0.3) is 0 Å². The Morgan fingerprint density at radius 3 is 1.00 bits per heavy atom. The molecule has 0 fully saturated rings. The third-order valence-corrected chi connectivity index (χ3v) is 14.7. The van der Waals surface area contributed by atoms with Crippen LogP contribution in [0.5, 0.6) is 0 Å². The molecule has 0 N–H and O–H groups in total. The zero-order valence-corrected chi connectivity index (χ0v) is 39.3. The molecule has 72 heavy (non-hydrogen) atoms. The van der Waals surface area contributed by atoms with Gasteiger partial charge in [-0.3, -0.25) is 4.98 Å². The summed E-state index contributed by atoms with van der Waals surface area (Å²) in [6.07, 6.45) is 1.83. The van der Waals surface area contributed by atoms with Crippen molar-refractivity contribution in [1.29, 1.82) is 0 Å². The van der Waals surface area contributed by atoms with Crippen molar-refractivity contribution in [3.05, 3.63) is 267 Å². The van der Waals surface area contributed by atoms with Crippen molar-refractivity contribution in [3.8, 4) is 78.3 Å². The molecule has 0 spiro atoms. The molecule has 14 rings (SSSR count). The third-order valence-electron chi connectivity index (χ3n) is 14.7. The van der Waals surface area contributed by atoms with Crippen LogP contribution < -0.4 is 0 Å². The minimum Gasteiger partial charge on any atom is -0.255 e. The van der Waals surface area contributed by atoms with Crippen LogP contribution in [0.3, 0.4) is 0 Å². The minimum absolute atomic E-state index is 0.834. The molecule has 2 nitrogen and oxygen atoms in total. The van der Waals surface area contributed by atoms with Gasteiger partial charge in [-0.25, -0.2) is 4.98 Å². The summed E-state index contributed by atoms with van der Waals surface area (Å²) in [5.74, 6) is 0. The average Bonchev–Trinajstić information content (AvgIpc) is 3.46. The molecule has 12 aromatic carbocycles. The van der Waals surface area contributed by atoms with Gasteiger partial charge in [0.05, 0.1) is 17.1 Å². The maximum Gasteiger partial charge on any atom is 0.0894 e. The van der Waals surface area contributed by atoms with Gasteiger partial charge in [0, 0.05) is 17.3 Å². The summed E-state index contributed by atoms with van der Waals surface area (Å²) in [5, 5.41) is 14.9. The van der Waals surface area contributed by atoms with Crippen LogP contribution in [0, 0.1) is 0 Å². The van der Waals surface area contributed by atoms with Crippen LogP contribution >= 0.6 is 0 Å². The Hall–Kier alpha value is -9.50. The van der Waals surface area contributed by atoms with Gasteiger partial charge in [-0.1, -0.05) is 237 Å². The highest BCUT2D eigenvalue weighted by Gasteiger charge is 2.21. The maximum atomic E-state index is 5.42. The fraction of sp³-hybridized carbons (Fsp3) is 0. The van der Waals surface area contributed by atoms with E-state index in [1.54, 1.807) is 0 Å². The number of aromatic nitrogens is 2. The fourth-order valence-corrected chi connectivity index (χ4v) is 11.5. The van der Waals surface area contributed by atoms with Crippen molar-refractivity contribution in [3.63, 3.8) is 0 Å². The molecule has 0 aliphatic heterocycles. The Balaban J connectivity index is 0.903. The van der Waals surface area contributed by atoms with Crippen LogP contribution in [-0.4, -0.2) is 9.97 Å². The number of rotatable bonds is 7. The van der Waals surface area contributed by atoms with Gasteiger partial charge in [0.2, 0.25) is 0 Å². The molecule has 0 unspecified atom stereocenters. The minimum atomic E-state index is 0.834. The summed E-state index contributed by atoms with van der Waals surface area (Å²) >= 11 is 0. The topological polar surface area (TPSA) is 25.8 Å². The van der Waals surface area contributed by atoms with Crippen LogP contribution in [0.15, 0.2) is 267 Å². The summed E-state index contributed by atoms with van der Waals surface area (Å²) in [5.41, 5.74) is 15.6. The van der Waals surface area contributed by atoms with Gasteiger partial charge in [-0.2, -0.15) is 0 Å². The maximum absolute atomic E-state index is 5.42. The first-order valence-electron chi connectivity index (χ1n) is 24.7. The Bertz CT molecular complexity index is 4300. The van der Waals surface area contributed by atoms with E-state index in [0.29, 0.717) is 0 Å². The van der Waals surface area contributed by atoms with Crippen molar-refractivity contribution in [1.82, 2.24) is 9.97 Å². The van der Waals surface area contributed by atoms with E-state index in [4.69, 9.17) is 9.97 Å². The first-order chi connectivity index (χ1) is 35.7. The lowest BCUT2D eigenvalue weighted by Crippen LogP contribution is -1.95. The zero-order chi connectivity index (χ0) is 47.5. The molecule has 0 amide bonds. The molecular weight excluding hydrogens is 869 g/mol. The van der Waals surface area contributed by atoms with E-state index >= 15 is 0 Å². The van der Waals surface area contributed by atoms with E-state index in [-0.39, 0.29) is 0 Å². The van der Waals surface area contributed by atoms with Crippen molar-refractivity contribution in [2.24, 2.45) is 0 Å². The van der Waals surface area contributed by atoms with Gasteiger partial charge in [-0.15, -0.1) is 0 Å². The Morgan fingerprint density at radius 1 is 0.208 bits per heavy atom. The van der Waals surface area contributed by atoms with Gasteiger partial charge < -0.3 is 0 Å². The second-order valence-corrected chi connectivity index (χ2v) is 18.7. The highest BCUT2D eigenvalue weighted by molar-refractivity contribution is 6.25. The lowest BCUT2D eigenvalue weighted by atomic mass is 9.84. The summed E-state index contributed by atoms with van der Waals surface area (Å²) in [7, 11) is 0. The number of benzene rings is 12. The zero-order valence-electron chi connectivity index (χ0n) is 39.3. The number of hydrogen-bond donors (Lipinski definition) is 0. The monoisotopic (exact) mass is 912 g/mol. The van der Waals surface area contributed by atoms with E-state index < -0.39 is 0 Å². The molecular formula is C70H44N2. The van der Waals surface area contributed by atoms with E-state index in [1.165, 1.54) is 104 Å². The molecule has 0 bridgehead atoms. The number of pyridine rings is 2. The molecule has 2 heteroatoms. The predicted octanol–water partition coefficient (Wildman–Crippen LogP) is 19.1. The molecule has 14 aromatic rings. The van der Waals surface area contributed by atoms with E-state index in [2.05, 4.69) is 243 Å². The Morgan fingerprint density at radius 2 is 0.569 bits per heavy atom. The van der Waals surface area contributed by atoms with Gasteiger partial charge in [0.1, 0.15) is 0 Å². The third kappa shape index (κ3) is 6.80. The van der Waals surface area contributed by atoms with Crippen LogP contribution in [0.4, 0.5) is 0 Å². The van der Waals surface area contributed by atoms with Crippen molar-refractivity contribution < 1.29 is 0 Å². The number of fused-ring (bicyclic) bond motifs is 6. The van der Waals surface area contributed by atoms with Crippen molar-refractivity contribution in [2.75, 3.05) is 0 Å². The summed E-state index contributed by atoms with van der Waals surface area (Å²) in [6, 6.07) is 94.9. The van der Waals surface area contributed by atoms with Gasteiger partial charge in [-0.05, 0) is 139 Å².